The summed E-state index contributed by atoms with van der Waals surface area (Å²) in [4.78, 5) is 13.8. The molecule has 23 heavy (non-hydrogen) atoms. The molecule has 0 fully saturated rings. The van der Waals surface area contributed by atoms with Gasteiger partial charge >= 0.3 is 6.18 Å². The van der Waals surface area contributed by atoms with Gasteiger partial charge in [-0.15, -0.1) is 0 Å². The number of likely N-dealkylation sites (N-methyl/N-ethyl adjacent to an activating group) is 1. The molecule has 0 saturated heterocycles. The second-order valence-electron chi connectivity index (χ2n) is 5.82. The normalized spacial score (nSPS) is 24.5. The average molecular weight is 342 g/mol. The predicted molar refractivity (Wildman–Crippen MR) is 82.1 cm³/mol. The molecule has 0 amide bonds. The Labute approximate surface area is 137 Å². The van der Waals surface area contributed by atoms with Gasteiger partial charge in [0.05, 0.1) is 10.6 Å². The van der Waals surface area contributed by atoms with Gasteiger partial charge in [0.15, 0.2) is 5.78 Å². The van der Waals surface area contributed by atoms with E-state index < -0.39 is 23.6 Å². The summed E-state index contributed by atoms with van der Waals surface area (Å²) < 4.78 is 39.9. The number of benzene rings is 1. The molecule has 0 radical (unpaired) electrons. The second kappa shape index (κ2) is 5.80. The van der Waals surface area contributed by atoms with Crippen molar-refractivity contribution in [3.05, 3.63) is 58.1 Å². The number of Topliss-reactive ketones (excluding diaryl/α,β-unsaturated/α-hetero) is 1. The highest BCUT2D eigenvalue weighted by molar-refractivity contribution is 6.44. The molecule has 2 aliphatic rings. The van der Waals surface area contributed by atoms with Crippen molar-refractivity contribution >= 4 is 17.4 Å². The summed E-state index contributed by atoms with van der Waals surface area (Å²) in [6, 6.07) is 6.02. The number of nitrogens with zero attached hydrogens (tertiary/aromatic N) is 1. The summed E-state index contributed by atoms with van der Waals surface area (Å²) in [5, 5.41) is -0.166. The minimum Gasteiger partial charge on any atom is -0.291 e. The quantitative estimate of drug-likeness (QED) is 0.804. The molecule has 2 atom stereocenters. The van der Waals surface area contributed by atoms with Gasteiger partial charge in [-0.1, -0.05) is 41.9 Å². The number of rotatable bonds is 2. The SMILES string of the molecule is CN(C1C(=O)C(Cl)=CC=C1C(F)(F)F)C1CCc2ccccc21. The van der Waals surface area contributed by atoms with Gasteiger partial charge in [0.2, 0.25) is 0 Å². The van der Waals surface area contributed by atoms with Gasteiger partial charge in [-0.05, 0) is 37.1 Å². The number of hydrogen-bond donors (Lipinski definition) is 0. The third-order valence-corrected chi connectivity index (χ3v) is 4.83. The van der Waals surface area contributed by atoms with Crippen molar-refractivity contribution in [2.45, 2.75) is 31.1 Å². The van der Waals surface area contributed by atoms with Crippen LogP contribution >= 0.6 is 11.6 Å². The molecular weight excluding hydrogens is 327 g/mol. The maximum atomic E-state index is 13.3. The first-order valence-corrected chi connectivity index (χ1v) is 7.67. The number of fused-ring (bicyclic) bond motifs is 1. The van der Waals surface area contributed by atoms with Crippen LogP contribution in [-0.2, 0) is 11.2 Å². The Morgan fingerprint density at radius 2 is 1.91 bits per heavy atom. The number of allylic oxidation sites excluding steroid dienone is 2. The lowest BCUT2D eigenvalue weighted by molar-refractivity contribution is -0.128. The van der Waals surface area contributed by atoms with Crippen molar-refractivity contribution < 1.29 is 18.0 Å². The van der Waals surface area contributed by atoms with E-state index in [0.717, 1.165) is 29.7 Å². The first kappa shape index (κ1) is 16.3. The van der Waals surface area contributed by atoms with Gasteiger partial charge in [-0.2, -0.15) is 13.2 Å². The van der Waals surface area contributed by atoms with E-state index in [1.165, 1.54) is 4.90 Å². The molecule has 3 rings (SSSR count). The summed E-state index contributed by atoms with van der Waals surface area (Å²) in [6.07, 6.45) is -1.15. The minimum atomic E-state index is -4.57. The average Bonchev–Trinajstić information content (AvgIpc) is 2.92. The van der Waals surface area contributed by atoms with Crippen molar-refractivity contribution in [1.82, 2.24) is 4.90 Å². The van der Waals surface area contributed by atoms with Crippen LogP contribution in [0.5, 0.6) is 0 Å². The standard InChI is InChI=1S/C17H15ClF3NO/c1-22(14-9-6-10-4-2-3-5-11(10)14)15-12(17(19,20)21)7-8-13(18)16(15)23/h2-5,7-8,14-15H,6,9H2,1H3. The zero-order valence-corrected chi connectivity index (χ0v) is 13.2. The molecule has 0 heterocycles. The van der Waals surface area contributed by atoms with E-state index >= 15 is 0 Å². The maximum absolute atomic E-state index is 13.3. The number of halogens is 4. The summed E-state index contributed by atoms with van der Waals surface area (Å²) in [6.45, 7) is 0. The highest BCUT2D eigenvalue weighted by atomic mass is 35.5. The zero-order valence-electron chi connectivity index (χ0n) is 12.4. The summed E-state index contributed by atoms with van der Waals surface area (Å²) in [5.74, 6) is -0.701. The molecule has 1 aromatic carbocycles. The Morgan fingerprint density at radius 3 is 2.61 bits per heavy atom. The Hall–Kier alpha value is -1.59. The number of alkyl halides is 3. The molecular formula is C17H15ClF3NO. The molecule has 0 aromatic heterocycles. The summed E-state index contributed by atoms with van der Waals surface area (Å²) in [5.41, 5.74) is 1.24. The van der Waals surface area contributed by atoms with E-state index in [9.17, 15) is 18.0 Å². The zero-order chi connectivity index (χ0) is 16.8. The molecule has 1 aromatic rings. The molecule has 122 valence electrons. The van der Waals surface area contributed by atoms with Crippen LogP contribution < -0.4 is 0 Å². The fraction of sp³-hybridized carbons (Fsp3) is 0.353. The Morgan fingerprint density at radius 1 is 1.22 bits per heavy atom. The molecule has 0 saturated carbocycles. The smallest absolute Gasteiger partial charge is 0.291 e. The van der Waals surface area contributed by atoms with Crippen molar-refractivity contribution in [1.29, 1.82) is 0 Å². The van der Waals surface area contributed by atoms with Crippen LogP contribution in [0.15, 0.2) is 47.0 Å². The number of ketones is 1. The van der Waals surface area contributed by atoms with E-state index in [0.29, 0.717) is 6.42 Å². The van der Waals surface area contributed by atoms with E-state index in [1.807, 2.05) is 24.3 Å². The number of carbonyl (C=O) groups excluding carboxylic acids is 1. The van der Waals surface area contributed by atoms with Crippen LogP contribution in [0.1, 0.15) is 23.6 Å². The Kier molecular flexibility index (Phi) is 4.10. The fourth-order valence-electron chi connectivity index (χ4n) is 3.40. The minimum absolute atomic E-state index is 0.166. The third kappa shape index (κ3) is 2.83. The summed E-state index contributed by atoms with van der Waals surface area (Å²) >= 11 is 5.80. The van der Waals surface area contributed by atoms with Crippen molar-refractivity contribution in [3.63, 3.8) is 0 Å². The fourth-order valence-corrected chi connectivity index (χ4v) is 3.57. The van der Waals surface area contributed by atoms with Crippen LogP contribution in [0.4, 0.5) is 13.2 Å². The molecule has 2 unspecified atom stereocenters. The third-order valence-electron chi connectivity index (χ3n) is 4.51. The number of carbonyl (C=O) groups is 1. The van der Waals surface area contributed by atoms with Crippen LogP contribution in [0.2, 0.25) is 0 Å². The molecule has 0 N–H and O–H groups in total. The van der Waals surface area contributed by atoms with Crippen molar-refractivity contribution in [2.24, 2.45) is 0 Å². The molecule has 2 nitrogen and oxygen atoms in total. The Bertz CT molecular complexity index is 708. The molecule has 6 heteroatoms. The molecule has 0 aliphatic heterocycles. The second-order valence-corrected chi connectivity index (χ2v) is 6.23. The largest absolute Gasteiger partial charge is 0.414 e. The lowest BCUT2D eigenvalue weighted by Gasteiger charge is -2.35. The maximum Gasteiger partial charge on any atom is 0.414 e. The molecule has 0 bridgehead atoms. The van der Waals surface area contributed by atoms with Gasteiger partial charge < -0.3 is 0 Å². The van der Waals surface area contributed by atoms with Gasteiger partial charge in [0, 0.05) is 6.04 Å². The lowest BCUT2D eigenvalue weighted by Crippen LogP contribution is -2.46. The van der Waals surface area contributed by atoms with Crippen LogP contribution in [0.3, 0.4) is 0 Å². The van der Waals surface area contributed by atoms with Gasteiger partial charge in [0.25, 0.3) is 0 Å². The van der Waals surface area contributed by atoms with Gasteiger partial charge in [0.1, 0.15) is 6.04 Å². The monoisotopic (exact) mass is 341 g/mol. The van der Waals surface area contributed by atoms with Crippen molar-refractivity contribution in [2.75, 3.05) is 7.05 Å². The first-order valence-electron chi connectivity index (χ1n) is 7.29. The number of aryl methyl sites for hydroxylation is 1. The predicted octanol–water partition coefficient (Wildman–Crippen LogP) is 4.17. The summed E-state index contributed by atoms with van der Waals surface area (Å²) in [7, 11) is 1.56. The Balaban J connectivity index is 1.98. The molecule has 2 aliphatic carbocycles. The van der Waals surface area contributed by atoms with E-state index in [2.05, 4.69) is 0 Å². The first-order chi connectivity index (χ1) is 10.8. The van der Waals surface area contributed by atoms with E-state index in [-0.39, 0.29) is 11.1 Å². The molecule has 0 spiro atoms. The van der Waals surface area contributed by atoms with E-state index in [4.69, 9.17) is 11.6 Å². The highest BCUT2D eigenvalue weighted by Gasteiger charge is 2.47. The van der Waals surface area contributed by atoms with Crippen LogP contribution in [0, 0.1) is 0 Å². The number of hydrogen-bond acceptors (Lipinski definition) is 2. The van der Waals surface area contributed by atoms with E-state index in [1.54, 1.807) is 7.05 Å². The van der Waals surface area contributed by atoms with Gasteiger partial charge in [-0.25, -0.2) is 0 Å². The van der Waals surface area contributed by atoms with Crippen LogP contribution in [-0.4, -0.2) is 29.9 Å². The highest BCUT2D eigenvalue weighted by Crippen LogP contribution is 2.41. The van der Waals surface area contributed by atoms with Gasteiger partial charge in [-0.3, -0.25) is 9.69 Å². The van der Waals surface area contributed by atoms with Crippen molar-refractivity contribution in [3.8, 4) is 0 Å². The topological polar surface area (TPSA) is 20.3 Å². The van der Waals surface area contributed by atoms with Crippen LogP contribution in [0.25, 0.3) is 0 Å². The lowest BCUT2D eigenvalue weighted by atomic mass is 9.93.